The summed E-state index contributed by atoms with van der Waals surface area (Å²) >= 11 is 6.24. The summed E-state index contributed by atoms with van der Waals surface area (Å²) in [5, 5.41) is 1.28. The number of pyridine rings is 1. The van der Waals surface area contributed by atoms with Crippen LogP contribution in [0, 0.1) is 5.82 Å². The Morgan fingerprint density at radius 2 is 1.89 bits per heavy atom. The van der Waals surface area contributed by atoms with Crippen LogP contribution in [0.3, 0.4) is 0 Å². The van der Waals surface area contributed by atoms with Crippen molar-refractivity contribution >= 4 is 28.5 Å². The molecule has 1 atom stereocenters. The maximum absolute atomic E-state index is 13.6. The van der Waals surface area contributed by atoms with Crippen molar-refractivity contribution < 1.29 is 9.13 Å². The second-order valence-electron chi connectivity index (χ2n) is 8.37. The van der Waals surface area contributed by atoms with Crippen molar-refractivity contribution in [3.8, 4) is 28.4 Å². The van der Waals surface area contributed by atoms with Gasteiger partial charge >= 0.3 is 0 Å². The van der Waals surface area contributed by atoms with E-state index in [1.807, 2.05) is 24.3 Å². The largest absolute Gasteiger partial charge is 0.491 e. The van der Waals surface area contributed by atoms with Crippen LogP contribution in [0.25, 0.3) is 33.5 Å². The number of nitrogens with two attached hydrogens (primary N) is 1. The lowest BCUT2D eigenvalue weighted by Gasteiger charge is -2.19. The van der Waals surface area contributed by atoms with Crippen LogP contribution in [-0.2, 0) is 6.42 Å². The van der Waals surface area contributed by atoms with E-state index in [1.165, 1.54) is 12.1 Å². The number of hydrogen-bond acceptors (Lipinski definition) is 6. The molecule has 1 aliphatic rings. The molecule has 0 fully saturated rings. The van der Waals surface area contributed by atoms with Crippen LogP contribution >= 0.6 is 11.6 Å². The number of halogens is 2. The number of rotatable bonds is 5. The summed E-state index contributed by atoms with van der Waals surface area (Å²) in [5.41, 5.74) is 9.67. The first-order valence-corrected chi connectivity index (χ1v) is 11.6. The molecular formula is C26H20ClFN6O. The van der Waals surface area contributed by atoms with E-state index < -0.39 is 0 Å². The van der Waals surface area contributed by atoms with Crippen LogP contribution in [0.4, 0.5) is 10.3 Å². The summed E-state index contributed by atoms with van der Waals surface area (Å²) in [6.45, 7) is 0.407. The Hall–Kier alpha value is -4.04. The van der Waals surface area contributed by atoms with Gasteiger partial charge in [0.2, 0.25) is 5.95 Å². The number of anilines is 1. The molecule has 6 rings (SSSR count). The fraction of sp³-hybridized carbons (Fsp3) is 0.154. The van der Waals surface area contributed by atoms with E-state index in [4.69, 9.17) is 27.1 Å². The number of nitrogen functional groups attached to an aromatic ring is 1. The molecule has 0 saturated carbocycles. The van der Waals surface area contributed by atoms with Crippen molar-refractivity contribution in [2.24, 2.45) is 0 Å². The van der Waals surface area contributed by atoms with Crippen molar-refractivity contribution in [3.05, 3.63) is 83.7 Å². The lowest BCUT2D eigenvalue weighted by atomic mass is 10.1. The second-order valence-corrected chi connectivity index (χ2v) is 8.75. The summed E-state index contributed by atoms with van der Waals surface area (Å²) in [6.07, 6.45) is 3.26. The molecule has 1 aliphatic heterocycles. The zero-order chi connectivity index (χ0) is 23.9. The first-order chi connectivity index (χ1) is 17.1. The first-order valence-electron chi connectivity index (χ1n) is 11.2. The zero-order valence-corrected chi connectivity index (χ0v) is 19.3. The highest BCUT2D eigenvalue weighted by Crippen LogP contribution is 2.40. The summed E-state index contributed by atoms with van der Waals surface area (Å²) in [5.74, 6) is 1.47. The Kier molecular flexibility index (Phi) is 5.30. The van der Waals surface area contributed by atoms with Crippen molar-refractivity contribution in [3.63, 3.8) is 0 Å². The van der Waals surface area contributed by atoms with Crippen molar-refractivity contribution in [1.82, 2.24) is 24.5 Å². The topological polar surface area (TPSA) is 91.7 Å². The van der Waals surface area contributed by atoms with Gasteiger partial charge in [0.25, 0.3) is 0 Å². The summed E-state index contributed by atoms with van der Waals surface area (Å²) in [6, 6.07) is 17.6. The van der Waals surface area contributed by atoms with Crippen LogP contribution in [0.1, 0.15) is 18.3 Å². The molecule has 7 nitrogen and oxygen atoms in total. The van der Waals surface area contributed by atoms with Gasteiger partial charge in [0.1, 0.15) is 29.2 Å². The predicted octanol–water partition coefficient (Wildman–Crippen LogP) is 5.50. The second kappa shape index (κ2) is 8.63. The molecule has 5 aromatic rings. The monoisotopic (exact) mass is 486 g/mol. The number of fused-ring (bicyclic) bond motifs is 2. The van der Waals surface area contributed by atoms with Crippen LogP contribution < -0.4 is 10.5 Å². The van der Waals surface area contributed by atoms with E-state index in [0.29, 0.717) is 23.2 Å². The number of aryl methyl sites for hydroxylation is 1. The first kappa shape index (κ1) is 21.5. The average molecular weight is 487 g/mol. The van der Waals surface area contributed by atoms with Gasteiger partial charge in [-0.1, -0.05) is 23.7 Å². The third-order valence-electron chi connectivity index (χ3n) is 6.16. The Labute approximate surface area is 205 Å². The number of benzene rings is 2. The molecule has 2 N–H and O–H groups in total. The Bertz CT molecular complexity index is 1550. The fourth-order valence-electron chi connectivity index (χ4n) is 4.61. The number of aromatic nitrogens is 5. The molecule has 3 aromatic heterocycles. The molecule has 4 heterocycles. The van der Waals surface area contributed by atoms with Crippen LogP contribution in [0.15, 0.2) is 66.9 Å². The fourth-order valence-corrected chi connectivity index (χ4v) is 4.80. The minimum absolute atomic E-state index is 0.00333. The van der Waals surface area contributed by atoms with Gasteiger partial charge in [0.05, 0.1) is 28.6 Å². The van der Waals surface area contributed by atoms with Gasteiger partial charge < -0.3 is 15.0 Å². The number of imidazole rings is 1. The number of nitrogens with zero attached hydrogens (tertiary/aromatic N) is 5. The van der Waals surface area contributed by atoms with Gasteiger partial charge in [-0.3, -0.25) is 0 Å². The highest BCUT2D eigenvalue weighted by atomic mass is 35.5. The van der Waals surface area contributed by atoms with Crippen LogP contribution in [0.5, 0.6) is 5.75 Å². The smallest absolute Gasteiger partial charge is 0.220 e. The molecule has 1 unspecified atom stereocenters. The maximum Gasteiger partial charge on any atom is 0.220 e. The molecule has 174 valence electrons. The van der Waals surface area contributed by atoms with E-state index in [9.17, 15) is 4.39 Å². The van der Waals surface area contributed by atoms with Gasteiger partial charge in [0.15, 0.2) is 0 Å². The van der Waals surface area contributed by atoms with Crippen LogP contribution in [0.2, 0.25) is 5.15 Å². The lowest BCUT2D eigenvalue weighted by molar-refractivity contribution is 0.258. The molecule has 35 heavy (non-hydrogen) atoms. The Morgan fingerprint density at radius 1 is 1.06 bits per heavy atom. The quantitative estimate of drug-likeness (QED) is 0.330. The van der Waals surface area contributed by atoms with Gasteiger partial charge in [-0.25, -0.2) is 24.3 Å². The van der Waals surface area contributed by atoms with E-state index in [0.717, 1.165) is 46.5 Å². The van der Waals surface area contributed by atoms with E-state index >= 15 is 0 Å². The number of hydrogen-bond donors (Lipinski definition) is 1. The van der Waals surface area contributed by atoms with Crippen molar-refractivity contribution in [1.29, 1.82) is 0 Å². The third-order valence-corrected chi connectivity index (χ3v) is 6.36. The molecule has 0 bridgehead atoms. The van der Waals surface area contributed by atoms with Gasteiger partial charge in [-0.05, 0) is 48.9 Å². The molecule has 0 aliphatic carbocycles. The molecule has 9 heteroatoms. The normalized spacial score (nSPS) is 14.9. The summed E-state index contributed by atoms with van der Waals surface area (Å²) in [4.78, 5) is 17.8. The average Bonchev–Trinajstić information content (AvgIpc) is 3.42. The molecule has 0 radical (unpaired) electrons. The standard InChI is InChI=1S/C26H20ClFN6O/c27-22-13-21(18-3-1-2-4-19(18)31-22)35-14-17-9-10-23-33-24(15-5-7-16(28)8-6-15)25(34(17)23)20-11-12-30-26(29)32-20/h1-8,11-13,17H,9-10,14H2,(H2,29,30,32). The summed E-state index contributed by atoms with van der Waals surface area (Å²) in [7, 11) is 0. The maximum atomic E-state index is 13.6. The molecule has 0 amide bonds. The van der Waals surface area contributed by atoms with Crippen LogP contribution in [-0.4, -0.2) is 31.1 Å². The lowest BCUT2D eigenvalue weighted by Crippen LogP contribution is -2.15. The highest BCUT2D eigenvalue weighted by molar-refractivity contribution is 6.30. The Balaban J connectivity index is 1.41. The highest BCUT2D eigenvalue weighted by Gasteiger charge is 2.31. The number of para-hydroxylation sites is 1. The predicted molar refractivity (Wildman–Crippen MR) is 133 cm³/mol. The van der Waals surface area contributed by atoms with Gasteiger partial charge in [-0.2, -0.15) is 0 Å². The molecule has 2 aromatic carbocycles. The minimum atomic E-state index is -0.303. The van der Waals surface area contributed by atoms with Crippen molar-refractivity contribution in [2.75, 3.05) is 12.3 Å². The molecule has 0 saturated heterocycles. The van der Waals surface area contributed by atoms with E-state index in [-0.39, 0.29) is 17.8 Å². The van der Waals surface area contributed by atoms with E-state index in [2.05, 4.69) is 19.5 Å². The summed E-state index contributed by atoms with van der Waals surface area (Å²) < 4.78 is 22.1. The van der Waals surface area contributed by atoms with Gasteiger partial charge in [0, 0.05) is 29.6 Å². The Morgan fingerprint density at radius 3 is 2.71 bits per heavy atom. The van der Waals surface area contributed by atoms with Gasteiger partial charge in [-0.15, -0.1) is 0 Å². The third kappa shape index (κ3) is 3.95. The minimum Gasteiger partial charge on any atom is -0.491 e. The molecule has 0 spiro atoms. The van der Waals surface area contributed by atoms with Crippen molar-refractivity contribution in [2.45, 2.75) is 18.9 Å². The zero-order valence-electron chi connectivity index (χ0n) is 18.5. The number of ether oxygens (including phenoxy) is 1. The molecular weight excluding hydrogens is 467 g/mol. The van der Waals surface area contributed by atoms with E-state index in [1.54, 1.807) is 30.5 Å². The SMILES string of the molecule is Nc1nccc(-c2c(-c3ccc(F)cc3)nc3n2C(COc2cc(Cl)nc4ccccc24)CC3)n1.